The predicted molar refractivity (Wildman–Crippen MR) is 75.0 cm³/mol. The van der Waals surface area contributed by atoms with Crippen LogP contribution in [-0.2, 0) is 4.79 Å². The molecule has 0 radical (unpaired) electrons. The number of nitriles is 1. The zero-order chi connectivity index (χ0) is 13.7. The predicted octanol–water partition coefficient (Wildman–Crippen LogP) is 2.53. The Balaban J connectivity index is 1.98. The van der Waals surface area contributed by atoms with Crippen LogP contribution in [0.25, 0.3) is 0 Å². The highest BCUT2D eigenvalue weighted by molar-refractivity contribution is 8.02. The smallest absolute Gasteiger partial charge is 0.237 e. The van der Waals surface area contributed by atoms with Crippen molar-refractivity contribution in [1.29, 1.82) is 5.26 Å². The minimum atomic E-state index is -0.279. The monoisotopic (exact) mass is 290 g/mol. The largest absolute Gasteiger partial charge is 0.325 e. The Kier molecular flexibility index (Phi) is 4.49. The lowest BCUT2D eigenvalue weighted by atomic mass is 10.2. The molecule has 1 aromatic carbocycles. The lowest BCUT2D eigenvalue weighted by molar-refractivity contribution is -0.115. The average molecular weight is 290 g/mol. The zero-order valence-corrected chi connectivity index (χ0v) is 11.7. The van der Waals surface area contributed by atoms with Crippen molar-refractivity contribution >= 4 is 34.9 Å². The number of thioether (sulfide) groups is 1. The maximum Gasteiger partial charge on any atom is 0.237 e. The van der Waals surface area contributed by atoms with Gasteiger partial charge in [-0.3, -0.25) is 4.79 Å². The highest BCUT2D eigenvalue weighted by atomic mass is 32.2. The molecule has 1 N–H and O–H groups in total. The molecule has 2 rings (SSSR count). The quantitative estimate of drug-likeness (QED) is 0.875. The fourth-order valence-corrected chi connectivity index (χ4v) is 2.92. The molecular formula is C12H10N4OS2. The van der Waals surface area contributed by atoms with Crippen molar-refractivity contribution in [3.63, 3.8) is 0 Å². The van der Waals surface area contributed by atoms with Gasteiger partial charge in [0.05, 0.1) is 16.9 Å². The Labute approximate surface area is 118 Å². The first-order valence-electron chi connectivity index (χ1n) is 5.43. The first-order chi connectivity index (χ1) is 9.19. The summed E-state index contributed by atoms with van der Waals surface area (Å²) in [6.07, 6.45) is 1.47. The Morgan fingerprint density at radius 1 is 1.58 bits per heavy atom. The van der Waals surface area contributed by atoms with E-state index in [0.717, 1.165) is 4.34 Å². The van der Waals surface area contributed by atoms with E-state index in [4.69, 9.17) is 5.26 Å². The summed E-state index contributed by atoms with van der Waals surface area (Å²) in [7, 11) is 0. The number of hydrogen-bond donors (Lipinski definition) is 1. The van der Waals surface area contributed by atoms with Gasteiger partial charge in [-0.25, -0.2) is 4.98 Å². The highest BCUT2D eigenvalue weighted by Crippen LogP contribution is 2.24. The summed E-state index contributed by atoms with van der Waals surface area (Å²) < 4.78 is 4.64. The summed E-state index contributed by atoms with van der Waals surface area (Å²) in [5.74, 6) is -0.129. The van der Waals surface area contributed by atoms with Crippen LogP contribution in [0.1, 0.15) is 12.5 Å². The van der Waals surface area contributed by atoms with Crippen LogP contribution in [0.4, 0.5) is 5.69 Å². The second-order valence-corrected chi connectivity index (χ2v) is 6.02. The van der Waals surface area contributed by atoms with Crippen LogP contribution in [0.5, 0.6) is 0 Å². The molecule has 7 heteroatoms. The van der Waals surface area contributed by atoms with E-state index in [1.807, 2.05) is 6.07 Å². The Morgan fingerprint density at radius 2 is 2.42 bits per heavy atom. The number of rotatable bonds is 4. The van der Waals surface area contributed by atoms with E-state index in [1.54, 1.807) is 31.2 Å². The van der Waals surface area contributed by atoms with Gasteiger partial charge in [-0.1, -0.05) is 17.8 Å². The van der Waals surface area contributed by atoms with E-state index in [0.29, 0.717) is 11.3 Å². The van der Waals surface area contributed by atoms with Crippen LogP contribution in [0.2, 0.25) is 0 Å². The van der Waals surface area contributed by atoms with Gasteiger partial charge in [0.2, 0.25) is 5.91 Å². The molecule has 0 aliphatic carbocycles. The van der Waals surface area contributed by atoms with Gasteiger partial charge in [0, 0.05) is 5.69 Å². The third kappa shape index (κ3) is 3.77. The van der Waals surface area contributed by atoms with E-state index in [2.05, 4.69) is 14.7 Å². The number of aromatic nitrogens is 2. The topological polar surface area (TPSA) is 78.7 Å². The molecule has 0 saturated heterocycles. The van der Waals surface area contributed by atoms with Crippen molar-refractivity contribution < 1.29 is 4.79 Å². The SMILES string of the molecule is CC(Sc1ncns1)C(=O)Nc1cccc(C#N)c1. The van der Waals surface area contributed by atoms with E-state index in [9.17, 15) is 4.79 Å². The molecule has 0 aliphatic heterocycles. The summed E-state index contributed by atoms with van der Waals surface area (Å²) in [6, 6.07) is 8.85. The third-order valence-electron chi connectivity index (χ3n) is 2.25. The van der Waals surface area contributed by atoms with Crippen LogP contribution in [-0.4, -0.2) is 20.5 Å². The molecule has 0 saturated carbocycles. The number of amides is 1. The Bertz CT molecular complexity index is 606. The molecule has 1 atom stereocenters. The molecule has 96 valence electrons. The van der Waals surface area contributed by atoms with Crippen molar-refractivity contribution in [2.24, 2.45) is 0 Å². The van der Waals surface area contributed by atoms with Crippen LogP contribution in [0.15, 0.2) is 34.9 Å². The number of anilines is 1. The zero-order valence-electron chi connectivity index (χ0n) is 10.0. The molecule has 1 unspecified atom stereocenters. The lowest BCUT2D eigenvalue weighted by Gasteiger charge is -2.10. The molecule has 0 bridgehead atoms. The van der Waals surface area contributed by atoms with E-state index in [-0.39, 0.29) is 11.2 Å². The first-order valence-corrected chi connectivity index (χ1v) is 7.08. The molecule has 19 heavy (non-hydrogen) atoms. The van der Waals surface area contributed by atoms with E-state index >= 15 is 0 Å². The summed E-state index contributed by atoms with van der Waals surface area (Å²) in [6.45, 7) is 1.80. The van der Waals surface area contributed by atoms with Crippen LogP contribution in [0.3, 0.4) is 0 Å². The van der Waals surface area contributed by atoms with Crippen molar-refractivity contribution in [3.05, 3.63) is 36.2 Å². The van der Waals surface area contributed by atoms with Crippen molar-refractivity contribution in [2.45, 2.75) is 16.5 Å². The van der Waals surface area contributed by atoms with Gasteiger partial charge >= 0.3 is 0 Å². The van der Waals surface area contributed by atoms with Gasteiger partial charge < -0.3 is 5.32 Å². The van der Waals surface area contributed by atoms with E-state index < -0.39 is 0 Å². The molecule has 1 aromatic heterocycles. The van der Waals surface area contributed by atoms with Gasteiger partial charge in [-0.2, -0.15) is 9.64 Å². The lowest BCUT2D eigenvalue weighted by Crippen LogP contribution is -2.22. The minimum Gasteiger partial charge on any atom is -0.325 e. The Morgan fingerprint density at radius 3 is 3.11 bits per heavy atom. The summed E-state index contributed by atoms with van der Waals surface area (Å²) >= 11 is 2.62. The molecular weight excluding hydrogens is 280 g/mol. The van der Waals surface area contributed by atoms with Crippen LogP contribution >= 0.6 is 23.3 Å². The maximum absolute atomic E-state index is 12.0. The standard InChI is InChI=1S/C12H10N4OS2/c1-8(18-12-14-7-15-19-12)11(17)16-10-4-2-3-9(5-10)6-13/h2-5,7-8H,1H3,(H,16,17). The summed E-state index contributed by atoms with van der Waals surface area (Å²) in [5.41, 5.74) is 1.14. The third-order valence-corrected chi connectivity index (χ3v) is 4.10. The number of benzene rings is 1. The molecule has 1 heterocycles. The average Bonchev–Trinajstić information content (AvgIpc) is 2.91. The summed E-state index contributed by atoms with van der Waals surface area (Å²) in [5, 5.41) is 11.3. The van der Waals surface area contributed by atoms with Gasteiger partial charge in [-0.15, -0.1) is 0 Å². The molecule has 5 nitrogen and oxygen atoms in total. The summed E-state index contributed by atoms with van der Waals surface area (Å²) in [4.78, 5) is 16.0. The van der Waals surface area contributed by atoms with Gasteiger partial charge in [0.15, 0.2) is 4.34 Å². The van der Waals surface area contributed by atoms with Gasteiger partial charge in [-0.05, 0) is 36.7 Å². The fourth-order valence-electron chi connectivity index (χ4n) is 1.33. The second-order valence-electron chi connectivity index (χ2n) is 3.65. The number of carbonyl (C=O) groups is 1. The number of carbonyl (C=O) groups excluding carboxylic acids is 1. The van der Waals surface area contributed by atoms with Crippen molar-refractivity contribution in [1.82, 2.24) is 9.36 Å². The van der Waals surface area contributed by atoms with E-state index in [1.165, 1.54) is 29.6 Å². The molecule has 0 fully saturated rings. The molecule has 1 amide bonds. The fraction of sp³-hybridized carbons (Fsp3) is 0.167. The Hall–Kier alpha value is -1.91. The number of nitrogens with zero attached hydrogens (tertiary/aromatic N) is 3. The van der Waals surface area contributed by atoms with Gasteiger partial charge in [0.1, 0.15) is 6.33 Å². The normalized spacial score (nSPS) is 11.6. The van der Waals surface area contributed by atoms with Crippen LogP contribution in [0, 0.1) is 11.3 Å². The molecule has 0 spiro atoms. The number of hydrogen-bond acceptors (Lipinski definition) is 6. The van der Waals surface area contributed by atoms with Crippen molar-refractivity contribution in [3.8, 4) is 6.07 Å². The van der Waals surface area contributed by atoms with Gasteiger partial charge in [0.25, 0.3) is 0 Å². The molecule has 0 aliphatic rings. The maximum atomic E-state index is 12.0. The second kappa shape index (κ2) is 6.31. The number of nitrogens with one attached hydrogen (secondary N) is 1. The first kappa shape index (κ1) is 13.5. The van der Waals surface area contributed by atoms with Crippen molar-refractivity contribution in [2.75, 3.05) is 5.32 Å². The highest BCUT2D eigenvalue weighted by Gasteiger charge is 2.16. The minimum absolute atomic E-state index is 0.129. The van der Waals surface area contributed by atoms with Crippen LogP contribution < -0.4 is 5.32 Å². The molecule has 2 aromatic rings.